The Hall–Kier alpha value is -4.92. The minimum absolute atomic E-state index is 0.0161. The molecule has 0 spiro atoms. The molecule has 2 aromatic rings. The molecule has 7 N–H and O–H groups in total. The van der Waals surface area contributed by atoms with E-state index in [-0.39, 0.29) is 30.7 Å². The summed E-state index contributed by atoms with van der Waals surface area (Å²) < 4.78 is 0. The largest absolute Gasteiger partial charge is 0.504 e. The van der Waals surface area contributed by atoms with Crippen molar-refractivity contribution in [1.29, 1.82) is 0 Å². The number of fused-ring (bicyclic) bond motifs is 8. The number of carboxylic acids is 2. The number of rotatable bonds is 8. The number of carboxylic acid groups (broad SMARTS) is 2. The second-order valence-electron chi connectivity index (χ2n) is 11.3. The summed E-state index contributed by atoms with van der Waals surface area (Å²) in [6.07, 6.45) is 10.2. The first kappa shape index (κ1) is 29.6. The molecular formula is C34H38N4O5. The molecular weight excluding hydrogens is 544 g/mol. The number of allylic oxidation sites excluding steroid dienone is 2. The highest BCUT2D eigenvalue weighted by Crippen LogP contribution is 2.35. The number of aromatic amines is 2. The van der Waals surface area contributed by atoms with E-state index in [1.165, 1.54) is 0 Å². The highest BCUT2D eigenvalue weighted by Gasteiger charge is 2.30. The molecule has 9 heteroatoms. The van der Waals surface area contributed by atoms with Crippen LogP contribution in [-0.4, -0.2) is 49.3 Å². The smallest absolute Gasteiger partial charge is 0.303 e. The van der Waals surface area contributed by atoms with Crippen LogP contribution in [0.1, 0.15) is 66.8 Å². The van der Waals surface area contributed by atoms with Crippen LogP contribution in [0.2, 0.25) is 0 Å². The highest BCUT2D eigenvalue weighted by atomic mass is 16.4. The van der Waals surface area contributed by atoms with Gasteiger partial charge in [-0.25, -0.2) is 0 Å². The molecule has 0 aromatic carbocycles. The summed E-state index contributed by atoms with van der Waals surface area (Å²) in [5, 5.41) is 39.2. The normalized spacial score (nSPS) is 19.4. The van der Waals surface area contributed by atoms with Crippen molar-refractivity contribution < 1.29 is 24.9 Å². The minimum Gasteiger partial charge on any atom is -0.504 e. The predicted octanol–water partition coefficient (Wildman–Crippen LogP) is 4.09. The number of hydrogen-bond acceptors (Lipinski definition) is 5. The Bertz CT molecular complexity index is 1830. The van der Waals surface area contributed by atoms with Crippen molar-refractivity contribution in [3.8, 4) is 0 Å². The first-order valence-corrected chi connectivity index (χ1v) is 14.4. The standard InChI is InChI=1S/C34H38N4O5/c1-7-20-19(6)32-34(43)33-21(8-2)16(3)26(37-33)13-24-17(4)22(9-11-30(39)40)28(35-24)15-29-23(10-12-31(41)42)18(5)25(36-29)14-27(20)38-32/h7-8,13-15,27-28,35-38,43H,1-2,9-12H2,3-6H3,(H,39,40)(H,41,42). The van der Waals surface area contributed by atoms with E-state index in [0.29, 0.717) is 24.2 Å². The maximum atomic E-state index is 11.6. The maximum Gasteiger partial charge on any atom is 0.303 e. The van der Waals surface area contributed by atoms with E-state index in [1.807, 2.05) is 45.9 Å². The first-order chi connectivity index (χ1) is 20.4. The van der Waals surface area contributed by atoms with Crippen LogP contribution in [-0.2, 0) is 16.0 Å². The fourth-order valence-corrected chi connectivity index (χ4v) is 6.38. The SMILES string of the molecule is C=CC1=C(C)C2=C(O)c3[nH]c(c(C)c3C=C)C=C3NC(C=c4[nH]c(c(C)c4CCC(=O)O)=CC1N2)C(CCC(=O)O)=C3C. The molecule has 0 aliphatic carbocycles. The van der Waals surface area contributed by atoms with E-state index in [2.05, 4.69) is 33.8 Å². The van der Waals surface area contributed by atoms with Gasteiger partial charge in [0.1, 0.15) is 0 Å². The molecule has 224 valence electrons. The van der Waals surface area contributed by atoms with Gasteiger partial charge < -0.3 is 35.9 Å². The Balaban J connectivity index is 1.83. The van der Waals surface area contributed by atoms with Crippen LogP contribution < -0.4 is 21.3 Å². The van der Waals surface area contributed by atoms with Gasteiger partial charge in [-0.15, -0.1) is 0 Å². The fourth-order valence-electron chi connectivity index (χ4n) is 6.38. The molecule has 0 saturated carbocycles. The predicted molar refractivity (Wildman–Crippen MR) is 169 cm³/mol. The van der Waals surface area contributed by atoms with Gasteiger partial charge in [0, 0.05) is 40.5 Å². The average molecular weight is 583 g/mol. The van der Waals surface area contributed by atoms with Crippen molar-refractivity contribution in [1.82, 2.24) is 20.6 Å². The molecule has 2 aromatic heterocycles. The first-order valence-electron chi connectivity index (χ1n) is 14.4. The van der Waals surface area contributed by atoms with E-state index in [0.717, 1.165) is 66.6 Å². The molecule has 43 heavy (non-hydrogen) atoms. The van der Waals surface area contributed by atoms with E-state index in [9.17, 15) is 24.9 Å². The zero-order valence-electron chi connectivity index (χ0n) is 24.9. The Kier molecular flexibility index (Phi) is 7.84. The summed E-state index contributed by atoms with van der Waals surface area (Å²) in [7, 11) is 0. The number of carbonyl (C=O) groups is 2. The van der Waals surface area contributed by atoms with Crippen LogP contribution in [0.4, 0.5) is 0 Å². The van der Waals surface area contributed by atoms with E-state index in [1.54, 1.807) is 12.2 Å². The lowest BCUT2D eigenvalue weighted by molar-refractivity contribution is -0.138. The van der Waals surface area contributed by atoms with Gasteiger partial charge in [-0.2, -0.15) is 0 Å². The Morgan fingerprint density at radius 3 is 2.19 bits per heavy atom. The molecule has 3 aliphatic rings. The third kappa shape index (κ3) is 5.27. The summed E-state index contributed by atoms with van der Waals surface area (Å²) in [5.41, 5.74) is 9.94. The molecule has 2 unspecified atom stereocenters. The van der Waals surface area contributed by atoms with Crippen LogP contribution in [0, 0.1) is 13.8 Å². The number of aliphatic hydroxyl groups is 1. The van der Waals surface area contributed by atoms with Crippen LogP contribution >= 0.6 is 0 Å². The lowest BCUT2D eigenvalue weighted by atomic mass is 9.98. The molecule has 5 heterocycles. The molecule has 2 atom stereocenters. The van der Waals surface area contributed by atoms with Gasteiger partial charge in [-0.05, 0) is 97.7 Å². The van der Waals surface area contributed by atoms with Crippen molar-refractivity contribution in [2.24, 2.45) is 0 Å². The molecule has 8 bridgehead atoms. The highest BCUT2D eigenvalue weighted by molar-refractivity contribution is 5.79. The average Bonchev–Trinajstić information content (AvgIpc) is 3.63. The monoisotopic (exact) mass is 582 g/mol. The van der Waals surface area contributed by atoms with Crippen LogP contribution in [0.15, 0.2) is 52.9 Å². The van der Waals surface area contributed by atoms with Gasteiger partial charge in [-0.1, -0.05) is 25.3 Å². The van der Waals surface area contributed by atoms with Crippen molar-refractivity contribution in [2.45, 2.75) is 65.5 Å². The second kappa shape index (κ2) is 11.4. The lowest BCUT2D eigenvalue weighted by Gasteiger charge is -2.12. The molecule has 0 saturated heterocycles. The molecule has 0 radical (unpaired) electrons. The van der Waals surface area contributed by atoms with Gasteiger partial charge in [0.25, 0.3) is 0 Å². The van der Waals surface area contributed by atoms with Gasteiger partial charge in [0.15, 0.2) is 5.76 Å². The van der Waals surface area contributed by atoms with Crippen molar-refractivity contribution in [3.05, 3.63) is 97.3 Å². The number of nitrogens with one attached hydrogen (secondary N) is 4. The zero-order chi connectivity index (χ0) is 31.2. The number of H-pyrrole nitrogens is 2. The number of aliphatic hydroxyl groups excluding tert-OH is 1. The summed E-state index contributed by atoms with van der Waals surface area (Å²) in [6.45, 7) is 15.9. The van der Waals surface area contributed by atoms with E-state index in [4.69, 9.17) is 0 Å². The van der Waals surface area contributed by atoms with Gasteiger partial charge in [0.2, 0.25) is 0 Å². The van der Waals surface area contributed by atoms with Gasteiger partial charge in [-0.3, -0.25) is 9.59 Å². The van der Waals surface area contributed by atoms with Crippen molar-refractivity contribution in [2.75, 3.05) is 0 Å². The second-order valence-corrected chi connectivity index (χ2v) is 11.3. The topological polar surface area (TPSA) is 150 Å². The number of hydrogen-bond donors (Lipinski definition) is 7. The van der Waals surface area contributed by atoms with Crippen molar-refractivity contribution >= 4 is 42.0 Å². The molecule has 3 aliphatic heterocycles. The quantitative estimate of drug-likeness (QED) is 0.248. The molecule has 9 nitrogen and oxygen atoms in total. The maximum absolute atomic E-state index is 11.6. The fraction of sp³-hybridized carbons (Fsp3) is 0.294. The summed E-state index contributed by atoms with van der Waals surface area (Å²) >= 11 is 0. The van der Waals surface area contributed by atoms with Gasteiger partial charge >= 0.3 is 11.9 Å². The van der Waals surface area contributed by atoms with E-state index >= 15 is 0 Å². The Morgan fingerprint density at radius 1 is 0.860 bits per heavy atom. The third-order valence-electron chi connectivity index (χ3n) is 8.85. The van der Waals surface area contributed by atoms with E-state index < -0.39 is 11.9 Å². The molecule has 5 rings (SSSR count). The zero-order valence-corrected chi connectivity index (χ0v) is 24.9. The Morgan fingerprint density at radius 2 is 1.53 bits per heavy atom. The minimum atomic E-state index is -0.882. The van der Waals surface area contributed by atoms with Crippen molar-refractivity contribution in [3.63, 3.8) is 0 Å². The molecule has 0 fully saturated rings. The summed E-state index contributed by atoms with van der Waals surface area (Å²) in [5.74, 6) is -1.70. The summed E-state index contributed by atoms with van der Waals surface area (Å²) in [6, 6.07) is -0.607. The Labute approximate surface area is 250 Å². The lowest BCUT2D eigenvalue weighted by Crippen LogP contribution is -2.27. The van der Waals surface area contributed by atoms with Crippen LogP contribution in [0.25, 0.3) is 30.1 Å². The number of aliphatic carboxylic acids is 2. The summed E-state index contributed by atoms with van der Waals surface area (Å²) in [4.78, 5) is 30.0. The molecule has 0 amide bonds. The van der Waals surface area contributed by atoms with Crippen LogP contribution in [0.3, 0.4) is 0 Å². The van der Waals surface area contributed by atoms with Gasteiger partial charge in [0.05, 0.1) is 23.5 Å². The van der Waals surface area contributed by atoms with Crippen LogP contribution in [0.5, 0.6) is 0 Å². The number of aromatic nitrogens is 2. The third-order valence-corrected chi connectivity index (χ3v) is 8.85.